The highest BCUT2D eigenvalue weighted by atomic mass is 16.5. The number of carbonyl (C=O) groups excluding carboxylic acids is 1. The molecule has 0 atom stereocenters. The molecule has 1 heterocycles. The third-order valence-electron chi connectivity index (χ3n) is 3.01. The highest BCUT2D eigenvalue weighted by Crippen LogP contribution is 2.10. The van der Waals surface area contributed by atoms with E-state index >= 15 is 0 Å². The summed E-state index contributed by atoms with van der Waals surface area (Å²) in [6.45, 7) is 3.04. The van der Waals surface area contributed by atoms with E-state index in [0.29, 0.717) is 17.9 Å². The van der Waals surface area contributed by atoms with Crippen molar-refractivity contribution in [3.63, 3.8) is 0 Å². The first kappa shape index (κ1) is 14.3. The van der Waals surface area contributed by atoms with E-state index in [2.05, 4.69) is 15.8 Å². The molecule has 1 amide bonds. The predicted molar refractivity (Wildman–Crippen MR) is 76.5 cm³/mol. The van der Waals surface area contributed by atoms with Gasteiger partial charge in [0, 0.05) is 11.6 Å². The molecule has 106 valence electrons. The number of aryl methyl sites for hydroxylation is 1. The van der Waals surface area contributed by atoms with E-state index in [9.17, 15) is 4.79 Å². The quantitative estimate of drug-likeness (QED) is 0.840. The van der Waals surface area contributed by atoms with Gasteiger partial charge in [0.05, 0.1) is 12.2 Å². The Kier molecular flexibility index (Phi) is 4.90. The lowest BCUT2D eigenvalue weighted by Gasteiger charge is -2.09. The normalized spacial score (nSPS) is 10.5. The fourth-order valence-corrected chi connectivity index (χ4v) is 1.98. The van der Waals surface area contributed by atoms with Gasteiger partial charge in [-0.3, -0.25) is 4.79 Å². The number of amides is 1. The number of rotatable bonds is 6. The molecular weight excluding hydrogens is 254 g/mol. The zero-order valence-electron chi connectivity index (χ0n) is 11.8. The molecule has 0 aliphatic carbocycles. The van der Waals surface area contributed by atoms with Gasteiger partial charge in [-0.15, -0.1) is 0 Å². The van der Waals surface area contributed by atoms with Crippen LogP contribution in [0.1, 0.15) is 27.4 Å². The van der Waals surface area contributed by atoms with E-state index in [1.54, 1.807) is 0 Å². The van der Waals surface area contributed by atoms with Gasteiger partial charge in [0.2, 0.25) is 0 Å². The van der Waals surface area contributed by atoms with Crippen molar-refractivity contribution in [2.45, 2.75) is 19.9 Å². The maximum absolute atomic E-state index is 12.2. The van der Waals surface area contributed by atoms with Crippen LogP contribution >= 0.6 is 0 Å². The maximum Gasteiger partial charge on any atom is 0.251 e. The lowest BCUT2D eigenvalue weighted by molar-refractivity contribution is 0.0946. The Morgan fingerprint density at radius 1 is 1.35 bits per heavy atom. The minimum Gasteiger partial charge on any atom is -0.359 e. The van der Waals surface area contributed by atoms with Crippen LogP contribution in [0, 0.1) is 6.92 Å². The number of benzene rings is 1. The van der Waals surface area contributed by atoms with Gasteiger partial charge in [0.15, 0.2) is 5.76 Å². The summed E-state index contributed by atoms with van der Waals surface area (Å²) in [5.74, 6) is 0.564. The Hall–Kier alpha value is -2.14. The molecule has 2 N–H and O–H groups in total. The lowest BCUT2D eigenvalue weighted by atomic mass is 10.0. The summed E-state index contributed by atoms with van der Waals surface area (Å²) in [5, 5.41) is 9.73. The fraction of sp³-hybridized carbons (Fsp3) is 0.333. The van der Waals surface area contributed by atoms with Crippen LogP contribution in [0.5, 0.6) is 0 Å². The van der Waals surface area contributed by atoms with Crippen molar-refractivity contribution in [3.05, 3.63) is 52.9 Å². The molecule has 5 heteroatoms. The van der Waals surface area contributed by atoms with E-state index < -0.39 is 0 Å². The summed E-state index contributed by atoms with van der Waals surface area (Å²) in [6, 6.07) is 9.45. The molecule has 2 rings (SSSR count). The van der Waals surface area contributed by atoms with Crippen LogP contribution in [0.3, 0.4) is 0 Å². The van der Waals surface area contributed by atoms with E-state index in [1.807, 2.05) is 44.3 Å². The molecule has 1 aromatic heterocycles. The molecule has 20 heavy (non-hydrogen) atoms. The predicted octanol–water partition coefficient (Wildman–Crippen LogP) is 1.67. The SMILES string of the molecule is CNCCc1ccccc1C(=O)NCc1cc(C)no1. The number of hydrogen-bond donors (Lipinski definition) is 2. The average Bonchev–Trinajstić information content (AvgIpc) is 2.88. The molecule has 0 bridgehead atoms. The van der Waals surface area contributed by atoms with Crippen molar-refractivity contribution in [1.82, 2.24) is 15.8 Å². The van der Waals surface area contributed by atoms with Gasteiger partial charge in [0.25, 0.3) is 5.91 Å². The number of nitrogens with one attached hydrogen (secondary N) is 2. The molecule has 0 unspecified atom stereocenters. The van der Waals surface area contributed by atoms with Crippen LogP contribution in [0.25, 0.3) is 0 Å². The minimum absolute atomic E-state index is 0.0919. The zero-order chi connectivity index (χ0) is 14.4. The summed E-state index contributed by atoms with van der Waals surface area (Å²) >= 11 is 0. The van der Waals surface area contributed by atoms with E-state index in [4.69, 9.17) is 4.52 Å². The van der Waals surface area contributed by atoms with Crippen LogP contribution in [-0.4, -0.2) is 24.7 Å². The summed E-state index contributed by atoms with van der Waals surface area (Å²) in [7, 11) is 1.90. The standard InChI is InChI=1S/C15H19N3O2/c1-11-9-13(20-18-11)10-17-15(19)14-6-4-3-5-12(14)7-8-16-2/h3-6,9,16H,7-8,10H2,1-2H3,(H,17,19). The van der Waals surface area contributed by atoms with Crippen molar-refractivity contribution >= 4 is 5.91 Å². The van der Waals surface area contributed by atoms with Crippen LogP contribution in [0.2, 0.25) is 0 Å². The molecule has 0 aliphatic heterocycles. The Bertz CT molecular complexity index is 578. The molecule has 0 saturated heterocycles. The van der Waals surface area contributed by atoms with Gasteiger partial charge in [-0.25, -0.2) is 0 Å². The van der Waals surface area contributed by atoms with Gasteiger partial charge in [-0.2, -0.15) is 0 Å². The largest absolute Gasteiger partial charge is 0.359 e. The second-order valence-electron chi connectivity index (χ2n) is 4.63. The van der Waals surface area contributed by atoms with Crippen LogP contribution in [0.15, 0.2) is 34.9 Å². The molecule has 0 radical (unpaired) electrons. The number of carbonyl (C=O) groups is 1. The smallest absolute Gasteiger partial charge is 0.251 e. The van der Waals surface area contributed by atoms with Crippen LogP contribution in [0.4, 0.5) is 0 Å². The second-order valence-corrected chi connectivity index (χ2v) is 4.63. The minimum atomic E-state index is -0.0919. The third kappa shape index (κ3) is 3.68. The molecule has 0 spiro atoms. The van der Waals surface area contributed by atoms with Gasteiger partial charge >= 0.3 is 0 Å². The van der Waals surface area contributed by atoms with Gasteiger partial charge < -0.3 is 15.2 Å². The molecular formula is C15H19N3O2. The van der Waals surface area contributed by atoms with Crippen molar-refractivity contribution < 1.29 is 9.32 Å². The summed E-state index contributed by atoms with van der Waals surface area (Å²) in [6.07, 6.45) is 0.821. The van der Waals surface area contributed by atoms with Crippen molar-refractivity contribution in [1.29, 1.82) is 0 Å². The summed E-state index contributed by atoms with van der Waals surface area (Å²) in [5.41, 5.74) is 2.55. The molecule has 1 aromatic carbocycles. The second kappa shape index (κ2) is 6.86. The fourth-order valence-electron chi connectivity index (χ4n) is 1.98. The first-order valence-corrected chi connectivity index (χ1v) is 6.63. The average molecular weight is 273 g/mol. The Balaban J connectivity index is 2.01. The lowest BCUT2D eigenvalue weighted by Crippen LogP contribution is -2.24. The molecule has 0 saturated carbocycles. The topological polar surface area (TPSA) is 67.2 Å². The number of hydrogen-bond acceptors (Lipinski definition) is 4. The van der Waals surface area contributed by atoms with Crippen molar-refractivity contribution in [3.8, 4) is 0 Å². The zero-order valence-corrected chi connectivity index (χ0v) is 11.8. The van der Waals surface area contributed by atoms with Gasteiger partial charge in [-0.05, 0) is 38.6 Å². The van der Waals surface area contributed by atoms with E-state index in [-0.39, 0.29) is 5.91 Å². The van der Waals surface area contributed by atoms with Crippen molar-refractivity contribution in [2.75, 3.05) is 13.6 Å². The maximum atomic E-state index is 12.2. The number of likely N-dealkylation sites (N-methyl/N-ethyl adjacent to an activating group) is 1. The molecule has 5 nitrogen and oxygen atoms in total. The monoisotopic (exact) mass is 273 g/mol. The first-order chi connectivity index (χ1) is 9.70. The van der Waals surface area contributed by atoms with Crippen LogP contribution in [-0.2, 0) is 13.0 Å². The number of aromatic nitrogens is 1. The van der Waals surface area contributed by atoms with E-state index in [1.165, 1.54) is 0 Å². The summed E-state index contributed by atoms with van der Waals surface area (Å²) in [4.78, 5) is 12.2. The Morgan fingerprint density at radius 2 is 2.15 bits per heavy atom. The first-order valence-electron chi connectivity index (χ1n) is 6.63. The van der Waals surface area contributed by atoms with Gasteiger partial charge in [0.1, 0.15) is 0 Å². The molecule has 0 fully saturated rings. The molecule has 2 aromatic rings. The molecule has 0 aliphatic rings. The Morgan fingerprint density at radius 3 is 2.85 bits per heavy atom. The summed E-state index contributed by atoms with van der Waals surface area (Å²) < 4.78 is 5.07. The third-order valence-corrected chi connectivity index (χ3v) is 3.01. The number of nitrogens with zero attached hydrogens (tertiary/aromatic N) is 1. The van der Waals surface area contributed by atoms with Crippen LogP contribution < -0.4 is 10.6 Å². The van der Waals surface area contributed by atoms with E-state index in [0.717, 1.165) is 24.2 Å². The highest BCUT2D eigenvalue weighted by molar-refractivity contribution is 5.95. The Labute approximate surface area is 118 Å². The van der Waals surface area contributed by atoms with Crippen molar-refractivity contribution in [2.24, 2.45) is 0 Å². The highest BCUT2D eigenvalue weighted by Gasteiger charge is 2.11. The van der Waals surface area contributed by atoms with Gasteiger partial charge in [-0.1, -0.05) is 23.4 Å².